The maximum atomic E-state index is 14.0. The molecule has 19 heteroatoms. The van der Waals surface area contributed by atoms with Crippen LogP contribution >= 0.6 is 12.2 Å². The third-order valence-corrected chi connectivity index (χ3v) is 16.3. The molecule has 0 bridgehead atoms. The molecule has 4 spiro atoms. The van der Waals surface area contributed by atoms with E-state index < -0.39 is 34.8 Å². The van der Waals surface area contributed by atoms with Crippen LogP contribution in [0.2, 0.25) is 0 Å². The molecule has 376 valence electrons. The standard InChI is InChI=1S/C24H31F2N3O3.C24H30F2N2O3S.CH4O.H3NO/c1-14(2)29-20(30)24(28-21(29)27)19-10-18(32-13-16-12-23(16,25)26)5-4-15(19)11-22(24)8-6-17(31-3)7-9-22;1-14(2)28-20(29)24(27-21(28)32)19-10-18(31-13-16-12-23(16,25)26)5-4-15(19)11-22(24)8-6-17(30-3)7-9-22;2*1-2/h4-5,10,14,16-17H,6-9,11-13H2,1-3H3,(H2,27,28);4-5,10,14,16-17H,6-9,11-13H2,1-3H3,(H,27,32);2H,1H3;2H,1H2. The fourth-order valence-electron chi connectivity index (χ4n) is 12.1. The smallest absolute Gasteiger partial charge is 0.262 e. The van der Waals surface area contributed by atoms with Gasteiger partial charge in [0.05, 0.1) is 37.3 Å². The number of ether oxygens (including phenoxy) is 4. The first-order valence-corrected chi connectivity index (χ1v) is 24.1. The molecule has 2 heterocycles. The van der Waals surface area contributed by atoms with Gasteiger partial charge in [-0.15, -0.1) is 0 Å². The van der Waals surface area contributed by atoms with Crippen LogP contribution < -0.4 is 26.4 Å². The lowest BCUT2D eigenvalue weighted by Gasteiger charge is -2.46. The van der Waals surface area contributed by atoms with Crippen LogP contribution in [0.4, 0.5) is 17.6 Å². The van der Waals surface area contributed by atoms with Crippen LogP contribution in [0.15, 0.2) is 41.4 Å². The SMILES string of the molecule is CO.COC1CCC2(CC1)Cc1ccc(OCC3CC3(F)F)cc1C21N=C(N)N(C(C)C)C1=O.COC1CCC2(CC1)Cc1ccc(OCC3CC3(F)F)cc1C21NC(=S)N(C(C)C)C1=O.NO. The highest BCUT2D eigenvalue weighted by molar-refractivity contribution is 7.80. The normalized spacial score (nSPS) is 33.1. The number of guanidine groups is 1. The van der Waals surface area contributed by atoms with E-state index in [1.54, 1.807) is 24.0 Å². The van der Waals surface area contributed by atoms with E-state index in [1.165, 1.54) is 0 Å². The zero-order valence-electron chi connectivity index (χ0n) is 40.1. The number of alkyl halides is 4. The van der Waals surface area contributed by atoms with Crippen LogP contribution in [-0.4, -0.2) is 114 Å². The monoisotopic (exact) mass is 976 g/mol. The summed E-state index contributed by atoms with van der Waals surface area (Å²) in [6.07, 6.45) is 8.41. The number of methoxy groups -OCH3 is 2. The van der Waals surface area contributed by atoms with Crippen LogP contribution in [0.25, 0.3) is 0 Å². The number of benzene rings is 2. The number of aliphatic hydroxyl groups excluding tert-OH is 1. The van der Waals surface area contributed by atoms with Gasteiger partial charge in [0.25, 0.3) is 23.7 Å². The van der Waals surface area contributed by atoms with Crippen LogP contribution in [0.1, 0.15) is 114 Å². The molecular formula is C49H68F4N6O8S. The molecule has 2 amide bonds. The average Bonchev–Trinajstić information content (AvgIpc) is 3.92. The van der Waals surface area contributed by atoms with E-state index in [9.17, 15) is 27.2 Å². The predicted molar refractivity (Wildman–Crippen MR) is 250 cm³/mol. The van der Waals surface area contributed by atoms with Crippen molar-refractivity contribution < 1.29 is 56.4 Å². The number of carbonyl (C=O) groups is 2. The zero-order chi connectivity index (χ0) is 49.8. The van der Waals surface area contributed by atoms with Crippen molar-refractivity contribution in [3.05, 3.63) is 58.7 Å². The van der Waals surface area contributed by atoms with Gasteiger partial charge in [-0.2, -0.15) is 0 Å². The number of thiocarbonyl (C=S) groups is 1. The van der Waals surface area contributed by atoms with Crippen LogP contribution in [0.3, 0.4) is 0 Å². The van der Waals surface area contributed by atoms with Crippen molar-refractivity contribution in [2.75, 3.05) is 34.5 Å². The third kappa shape index (κ3) is 8.53. The summed E-state index contributed by atoms with van der Waals surface area (Å²) < 4.78 is 75.9. The molecular weight excluding hydrogens is 909 g/mol. The summed E-state index contributed by atoms with van der Waals surface area (Å²) in [5.74, 6) is -2.04. The summed E-state index contributed by atoms with van der Waals surface area (Å²) >= 11 is 5.64. The summed E-state index contributed by atoms with van der Waals surface area (Å²) in [6, 6.07) is 11.2. The Balaban J connectivity index is 0.000000188. The maximum absolute atomic E-state index is 14.0. The Kier molecular flexibility index (Phi) is 14.6. The van der Waals surface area contributed by atoms with E-state index in [-0.39, 0.29) is 79.0 Å². The molecule has 8 aliphatic rings. The zero-order valence-corrected chi connectivity index (χ0v) is 40.9. The first kappa shape index (κ1) is 51.7. The number of fused-ring (bicyclic) bond motifs is 6. The summed E-state index contributed by atoms with van der Waals surface area (Å²) in [5.41, 5.74) is 7.42. The number of hydrogen-bond acceptors (Lipinski definition) is 12. The molecule has 6 aliphatic carbocycles. The van der Waals surface area contributed by atoms with Gasteiger partial charge in [-0.25, -0.2) is 28.5 Å². The Labute approximate surface area is 401 Å². The van der Waals surface area contributed by atoms with E-state index in [1.807, 2.05) is 64.1 Å². The number of rotatable bonds is 10. The Bertz CT molecular complexity index is 2250. The second-order valence-electron chi connectivity index (χ2n) is 20.3. The van der Waals surface area contributed by atoms with Crippen molar-refractivity contribution in [2.24, 2.45) is 39.3 Å². The minimum atomic E-state index is -2.63. The molecule has 7 N–H and O–H groups in total. The Morgan fingerprint density at radius 2 is 1.16 bits per heavy atom. The van der Waals surface area contributed by atoms with Crippen LogP contribution in [0, 0.1) is 22.7 Å². The number of aliphatic hydroxyl groups is 1. The number of nitrogens with two attached hydrogens (primary N) is 2. The van der Waals surface area contributed by atoms with Gasteiger partial charge >= 0.3 is 0 Å². The number of carbonyl (C=O) groups excluding carboxylic acids is 2. The van der Waals surface area contributed by atoms with Crippen molar-refractivity contribution in [1.82, 2.24) is 15.1 Å². The molecule has 1 saturated heterocycles. The van der Waals surface area contributed by atoms with Crippen molar-refractivity contribution in [1.29, 1.82) is 0 Å². The number of hydrogen-bond donors (Lipinski definition) is 5. The molecule has 2 aliphatic heterocycles. The number of amides is 2. The first-order valence-electron chi connectivity index (χ1n) is 23.7. The summed E-state index contributed by atoms with van der Waals surface area (Å²) in [5, 5.41) is 17.4. The summed E-state index contributed by atoms with van der Waals surface area (Å²) in [7, 11) is 4.47. The van der Waals surface area contributed by atoms with Crippen molar-refractivity contribution >= 4 is 35.1 Å². The van der Waals surface area contributed by atoms with Crippen LogP contribution in [0.5, 0.6) is 11.5 Å². The van der Waals surface area contributed by atoms with Gasteiger partial charge in [0.2, 0.25) is 0 Å². The van der Waals surface area contributed by atoms with E-state index >= 15 is 0 Å². The molecule has 0 aromatic heterocycles. The van der Waals surface area contributed by atoms with Crippen molar-refractivity contribution in [3.63, 3.8) is 0 Å². The Hall–Kier alpha value is -4.14. The highest BCUT2D eigenvalue weighted by atomic mass is 32.1. The van der Waals surface area contributed by atoms with Gasteiger partial charge < -0.3 is 40.3 Å². The maximum Gasteiger partial charge on any atom is 0.262 e. The van der Waals surface area contributed by atoms with Gasteiger partial charge in [-0.05, 0) is 151 Å². The number of halogens is 4. The number of nitrogens with zero attached hydrogens (tertiary/aromatic N) is 3. The van der Waals surface area contributed by atoms with Gasteiger partial charge in [-0.3, -0.25) is 19.4 Å². The van der Waals surface area contributed by atoms with Gasteiger partial charge in [-0.1, -0.05) is 12.1 Å². The molecule has 0 radical (unpaired) electrons. The molecule has 2 aromatic rings. The minimum Gasteiger partial charge on any atom is -0.493 e. The summed E-state index contributed by atoms with van der Waals surface area (Å²) in [4.78, 5) is 36.2. The average molecular weight is 977 g/mol. The lowest BCUT2D eigenvalue weighted by Crippen LogP contribution is -2.57. The second-order valence-corrected chi connectivity index (χ2v) is 20.7. The minimum absolute atomic E-state index is 0.0157. The largest absolute Gasteiger partial charge is 0.493 e. The molecule has 5 fully saturated rings. The number of nitrogens with one attached hydrogen (secondary N) is 1. The Morgan fingerprint density at radius 3 is 1.57 bits per heavy atom. The Morgan fingerprint density at radius 1 is 0.735 bits per heavy atom. The molecule has 4 saturated carbocycles. The topological polar surface area (TPSA) is 194 Å². The molecule has 14 nitrogen and oxygen atoms in total. The highest BCUT2D eigenvalue weighted by Crippen LogP contribution is 2.63. The van der Waals surface area contributed by atoms with Gasteiger partial charge in [0.1, 0.15) is 11.5 Å². The lowest BCUT2D eigenvalue weighted by atomic mass is 9.61. The van der Waals surface area contributed by atoms with E-state index in [2.05, 4.69) is 11.2 Å². The predicted octanol–water partition coefficient (Wildman–Crippen LogP) is 6.73. The van der Waals surface area contributed by atoms with Gasteiger partial charge in [0.15, 0.2) is 22.1 Å². The van der Waals surface area contributed by atoms with Crippen molar-refractivity contribution in [2.45, 2.75) is 152 Å². The lowest BCUT2D eigenvalue weighted by molar-refractivity contribution is -0.140. The third-order valence-electron chi connectivity index (χ3n) is 16.0. The van der Waals surface area contributed by atoms with Gasteiger partial charge in [0, 0.05) is 57.1 Å². The van der Waals surface area contributed by atoms with Crippen molar-refractivity contribution in [3.8, 4) is 11.5 Å². The van der Waals surface area contributed by atoms with Crippen LogP contribution in [-0.2, 0) is 43.0 Å². The highest BCUT2D eigenvalue weighted by Gasteiger charge is 2.69. The molecule has 2 aromatic carbocycles. The van der Waals surface area contributed by atoms with E-state index in [0.717, 1.165) is 93.6 Å². The second kappa shape index (κ2) is 19.2. The van der Waals surface area contributed by atoms with E-state index in [4.69, 9.17) is 52.2 Å². The summed E-state index contributed by atoms with van der Waals surface area (Å²) in [6.45, 7) is 7.74. The number of aliphatic imine (C=N–C) groups is 1. The fourth-order valence-corrected chi connectivity index (χ4v) is 12.6. The fraction of sp³-hybridized carbons (Fsp3) is 0.673. The molecule has 4 atom stereocenters. The quantitative estimate of drug-likeness (QED) is 0.0960. The molecule has 68 heavy (non-hydrogen) atoms. The first-order chi connectivity index (χ1) is 32.3. The molecule has 4 unspecified atom stereocenters. The van der Waals surface area contributed by atoms with E-state index in [0.29, 0.717) is 16.6 Å². The molecule has 10 rings (SSSR count).